The molecule has 3 rings (SSSR count). The summed E-state index contributed by atoms with van der Waals surface area (Å²) in [4.78, 5) is 28.4. The number of aromatic nitrogens is 1. The first-order valence-corrected chi connectivity index (χ1v) is 10.4. The third kappa shape index (κ3) is 5.08. The molecular formula is C20H21N3O2S2. The second-order valence-electron chi connectivity index (χ2n) is 6.21. The van der Waals surface area contributed by atoms with Crippen molar-refractivity contribution in [3.63, 3.8) is 0 Å². The first-order chi connectivity index (χ1) is 12.9. The van der Waals surface area contributed by atoms with Crippen LogP contribution < -0.4 is 10.6 Å². The largest absolute Gasteiger partial charge is 0.326 e. The topological polar surface area (TPSA) is 71.1 Å². The molecule has 2 N–H and O–H groups in total. The van der Waals surface area contributed by atoms with Crippen LogP contribution in [0.1, 0.15) is 25.8 Å². The smallest absolute Gasteiger partial charge is 0.237 e. The van der Waals surface area contributed by atoms with Crippen molar-refractivity contribution >= 4 is 56.5 Å². The number of carbonyl (C=O) groups excluding carboxylic acids is 2. The maximum atomic E-state index is 12.6. The Hall–Kier alpha value is -2.38. The molecule has 1 heterocycles. The van der Waals surface area contributed by atoms with Crippen LogP contribution in [0.3, 0.4) is 0 Å². The number of benzene rings is 2. The van der Waals surface area contributed by atoms with E-state index in [1.54, 1.807) is 0 Å². The standard InChI is InChI=1S/C20H21N3O2S2/c1-4-17(19(25)22-14-7-5-12(2)6-8-14)26-20-23-16-10-9-15(21-13(3)24)11-18(16)27-20/h5-11,17H,4H2,1-3H3,(H,21,24)(H,22,25). The van der Waals surface area contributed by atoms with E-state index in [2.05, 4.69) is 15.6 Å². The van der Waals surface area contributed by atoms with Crippen molar-refractivity contribution in [3.8, 4) is 0 Å². The van der Waals surface area contributed by atoms with Crippen molar-refractivity contribution in [1.82, 2.24) is 4.98 Å². The lowest BCUT2D eigenvalue weighted by Gasteiger charge is -2.13. The molecule has 140 valence electrons. The number of amides is 2. The van der Waals surface area contributed by atoms with Gasteiger partial charge >= 0.3 is 0 Å². The van der Waals surface area contributed by atoms with E-state index < -0.39 is 0 Å². The SMILES string of the molecule is CCC(Sc1nc2ccc(NC(C)=O)cc2s1)C(=O)Nc1ccc(C)cc1. The van der Waals surface area contributed by atoms with E-state index in [0.717, 1.165) is 31.5 Å². The number of aryl methyl sites for hydroxylation is 1. The Morgan fingerprint density at radius 2 is 1.81 bits per heavy atom. The monoisotopic (exact) mass is 399 g/mol. The Morgan fingerprint density at radius 1 is 1.11 bits per heavy atom. The van der Waals surface area contributed by atoms with Crippen molar-refractivity contribution in [3.05, 3.63) is 48.0 Å². The summed E-state index contributed by atoms with van der Waals surface area (Å²) in [6.07, 6.45) is 0.704. The fourth-order valence-electron chi connectivity index (χ4n) is 2.54. The van der Waals surface area contributed by atoms with Crippen LogP contribution in [-0.4, -0.2) is 22.0 Å². The highest BCUT2D eigenvalue weighted by Gasteiger charge is 2.20. The molecule has 0 radical (unpaired) electrons. The Bertz CT molecular complexity index is 967. The summed E-state index contributed by atoms with van der Waals surface area (Å²) in [6, 6.07) is 13.4. The number of rotatable bonds is 6. The van der Waals surface area contributed by atoms with Gasteiger partial charge in [-0.1, -0.05) is 36.4 Å². The van der Waals surface area contributed by atoms with Crippen molar-refractivity contribution in [2.45, 2.75) is 36.8 Å². The van der Waals surface area contributed by atoms with Gasteiger partial charge in [-0.3, -0.25) is 9.59 Å². The van der Waals surface area contributed by atoms with Crippen LogP contribution in [0.4, 0.5) is 11.4 Å². The van der Waals surface area contributed by atoms with Gasteiger partial charge in [-0.2, -0.15) is 0 Å². The molecule has 7 heteroatoms. The number of anilines is 2. The molecule has 1 unspecified atom stereocenters. The van der Waals surface area contributed by atoms with Gasteiger partial charge in [-0.05, 0) is 43.7 Å². The van der Waals surface area contributed by atoms with Gasteiger partial charge in [0, 0.05) is 18.3 Å². The summed E-state index contributed by atoms with van der Waals surface area (Å²) >= 11 is 3.00. The molecule has 0 aliphatic carbocycles. The molecule has 0 aliphatic rings. The normalized spacial score (nSPS) is 12.0. The molecule has 0 fully saturated rings. The highest BCUT2D eigenvalue weighted by molar-refractivity contribution is 8.02. The minimum Gasteiger partial charge on any atom is -0.326 e. The number of thioether (sulfide) groups is 1. The Morgan fingerprint density at radius 3 is 2.48 bits per heavy atom. The third-order valence-electron chi connectivity index (χ3n) is 3.91. The number of nitrogens with one attached hydrogen (secondary N) is 2. The fraction of sp³-hybridized carbons (Fsp3) is 0.250. The number of hydrogen-bond acceptors (Lipinski definition) is 5. The van der Waals surface area contributed by atoms with E-state index in [1.165, 1.54) is 30.0 Å². The number of fused-ring (bicyclic) bond motifs is 1. The van der Waals surface area contributed by atoms with Crippen LogP contribution in [0.15, 0.2) is 46.8 Å². The van der Waals surface area contributed by atoms with Crippen LogP contribution in [0.25, 0.3) is 10.2 Å². The molecule has 0 aliphatic heterocycles. The quantitative estimate of drug-likeness (QED) is 0.568. The lowest BCUT2D eigenvalue weighted by molar-refractivity contribution is -0.116. The zero-order chi connectivity index (χ0) is 19.4. The second-order valence-corrected chi connectivity index (χ2v) is 8.69. The van der Waals surface area contributed by atoms with Gasteiger partial charge in [-0.15, -0.1) is 11.3 Å². The summed E-state index contributed by atoms with van der Waals surface area (Å²) in [5.74, 6) is -0.128. The first-order valence-electron chi connectivity index (χ1n) is 8.67. The first kappa shape index (κ1) is 19.4. The molecule has 5 nitrogen and oxygen atoms in total. The average molecular weight is 400 g/mol. The van der Waals surface area contributed by atoms with Crippen LogP contribution in [0, 0.1) is 6.92 Å². The fourth-order valence-corrected chi connectivity index (χ4v) is 4.81. The van der Waals surface area contributed by atoms with Gasteiger partial charge in [-0.25, -0.2) is 4.98 Å². The lowest BCUT2D eigenvalue weighted by atomic mass is 10.2. The highest BCUT2D eigenvalue weighted by atomic mass is 32.2. The molecule has 0 saturated carbocycles. The summed E-state index contributed by atoms with van der Waals surface area (Å²) in [5, 5.41) is 5.53. The predicted molar refractivity (Wildman–Crippen MR) is 114 cm³/mol. The van der Waals surface area contributed by atoms with Crippen molar-refractivity contribution in [1.29, 1.82) is 0 Å². The molecule has 2 amide bonds. The maximum Gasteiger partial charge on any atom is 0.237 e. The van der Waals surface area contributed by atoms with E-state index in [0.29, 0.717) is 6.42 Å². The van der Waals surface area contributed by atoms with Crippen LogP contribution in [0.2, 0.25) is 0 Å². The van der Waals surface area contributed by atoms with Crippen LogP contribution >= 0.6 is 23.1 Å². The number of thiazole rings is 1. The molecule has 0 bridgehead atoms. The maximum absolute atomic E-state index is 12.6. The van der Waals surface area contributed by atoms with Gasteiger partial charge < -0.3 is 10.6 Å². The third-order valence-corrected chi connectivity index (χ3v) is 6.39. The van der Waals surface area contributed by atoms with Crippen molar-refractivity contribution < 1.29 is 9.59 Å². The molecule has 1 aromatic heterocycles. The number of hydrogen-bond donors (Lipinski definition) is 2. The Balaban J connectivity index is 1.72. The summed E-state index contributed by atoms with van der Waals surface area (Å²) in [7, 11) is 0. The lowest BCUT2D eigenvalue weighted by Crippen LogP contribution is -2.24. The van der Waals surface area contributed by atoms with E-state index in [-0.39, 0.29) is 17.1 Å². The summed E-state index contributed by atoms with van der Waals surface area (Å²) in [6.45, 7) is 5.49. The average Bonchev–Trinajstić information content (AvgIpc) is 3.02. The van der Waals surface area contributed by atoms with Crippen LogP contribution in [-0.2, 0) is 9.59 Å². The van der Waals surface area contributed by atoms with Gasteiger partial charge in [0.05, 0.1) is 15.5 Å². The molecule has 0 spiro atoms. The summed E-state index contributed by atoms with van der Waals surface area (Å²) in [5.41, 5.74) is 3.57. The minimum absolute atomic E-state index is 0.0236. The second kappa shape index (κ2) is 8.54. The predicted octanol–water partition coefficient (Wildman–Crippen LogP) is 5.07. The molecule has 1 atom stereocenters. The van der Waals surface area contributed by atoms with E-state index >= 15 is 0 Å². The Labute approximate surface area is 166 Å². The van der Waals surface area contributed by atoms with Crippen molar-refractivity contribution in [2.24, 2.45) is 0 Å². The van der Waals surface area contributed by atoms with Gasteiger partial charge in [0.2, 0.25) is 11.8 Å². The molecule has 3 aromatic rings. The number of carbonyl (C=O) groups is 2. The van der Waals surface area contributed by atoms with Gasteiger partial charge in [0.1, 0.15) is 0 Å². The molecule has 2 aromatic carbocycles. The molecule has 27 heavy (non-hydrogen) atoms. The van der Waals surface area contributed by atoms with E-state index in [9.17, 15) is 9.59 Å². The van der Waals surface area contributed by atoms with E-state index in [4.69, 9.17) is 0 Å². The van der Waals surface area contributed by atoms with E-state index in [1.807, 2.05) is 56.3 Å². The zero-order valence-electron chi connectivity index (χ0n) is 15.4. The highest BCUT2D eigenvalue weighted by Crippen LogP contribution is 2.34. The van der Waals surface area contributed by atoms with Crippen LogP contribution in [0.5, 0.6) is 0 Å². The number of nitrogens with zero attached hydrogens (tertiary/aromatic N) is 1. The Kier molecular flexibility index (Phi) is 6.13. The van der Waals surface area contributed by atoms with Gasteiger partial charge in [0.15, 0.2) is 4.34 Å². The van der Waals surface area contributed by atoms with Crippen molar-refractivity contribution in [2.75, 3.05) is 10.6 Å². The van der Waals surface area contributed by atoms with Gasteiger partial charge in [0.25, 0.3) is 0 Å². The molecular weight excluding hydrogens is 378 g/mol. The summed E-state index contributed by atoms with van der Waals surface area (Å²) < 4.78 is 1.83. The molecule has 0 saturated heterocycles. The zero-order valence-corrected chi connectivity index (χ0v) is 17.0. The minimum atomic E-state index is -0.221.